The average molecular weight is 301 g/mol. The van der Waals surface area contributed by atoms with Crippen LogP contribution in [0, 0.1) is 5.82 Å². The number of benzene rings is 1. The van der Waals surface area contributed by atoms with Gasteiger partial charge in [0.25, 0.3) is 5.91 Å². The number of thiophene rings is 1. The molecule has 0 spiro atoms. The number of halogens is 1. The van der Waals surface area contributed by atoms with E-state index >= 15 is 0 Å². The summed E-state index contributed by atoms with van der Waals surface area (Å²) in [6.07, 6.45) is 3.34. The monoisotopic (exact) mass is 301 g/mol. The number of nitrogen functional groups attached to an aromatic ring is 1. The molecule has 0 saturated carbocycles. The lowest BCUT2D eigenvalue weighted by Gasteiger charge is -2.04. The summed E-state index contributed by atoms with van der Waals surface area (Å²) in [6.45, 7) is 0.350. The van der Waals surface area contributed by atoms with Crippen LogP contribution in [0.4, 0.5) is 10.1 Å². The third-order valence-corrected chi connectivity index (χ3v) is 4.25. The number of pyridine rings is 1. The molecule has 1 amide bonds. The van der Waals surface area contributed by atoms with Gasteiger partial charge in [0.15, 0.2) is 0 Å². The number of hydrogen-bond donors (Lipinski definition) is 2. The normalized spacial score (nSPS) is 10.7. The van der Waals surface area contributed by atoms with E-state index in [2.05, 4.69) is 10.3 Å². The smallest absolute Gasteiger partial charge is 0.263 e. The molecular weight excluding hydrogens is 289 g/mol. The molecule has 0 bridgehead atoms. The first-order chi connectivity index (χ1) is 10.2. The van der Waals surface area contributed by atoms with Crippen molar-refractivity contribution in [2.75, 3.05) is 5.73 Å². The highest BCUT2D eigenvalue weighted by Crippen LogP contribution is 2.35. The maximum atomic E-state index is 13.8. The number of fused-ring (bicyclic) bond motifs is 1. The van der Waals surface area contributed by atoms with Crippen LogP contribution in [0.25, 0.3) is 10.1 Å². The Hall–Kier alpha value is -2.47. The topological polar surface area (TPSA) is 68.0 Å². The molecule has 2 aromatic heterocycles. The quantitative estimate of drug-likeness (QED) is 0.781. The van der Waals surface area contributed by atoms with Gasteiger partial charge in [0.05, 0.1) is 11.1 Å². The molecule has 106 valence electrons. The van der Waals surface area contributed by atoms with Crippen LogP contribution in [0.15, 0.2) is 42.7 Å². The molecule has 0 aliphatic heterocycles. The van der Waals surface area contributed by atoms with Gasteiger partial charge in [-0.25, -0.2) is 4.39 Å². The van der Waals surface area contributed by atoms with Crippen molar-refractivity contribution in [1.82, 2.24) is 10.3 Å². The van der Waals surface area contributed by atoms with Crippen molar-refractivity contribution in [3.05, 3.63) is 59.0 Å². The molecule has 4 nitrogen and oxygen atoms in total. The summed E-state index contributed by atoms with van der Waals surface area (Å²) < 4.78 is 14.4. The van der Waals surface area contributed by atoms with Crippen LogP contribution in [-0.2, 0) is 6.54 Å². The molecule has 0 radical (unpaired) electrons. The van der Waals surface area contributed by atoms with Gasteiger partial charge in [-0.1, -0.05) is 12.1 Å². The van der Waals surface area contributed by atoms with Gasteiger partial charge in [0.1, 0.15) is 10.7 Å². The van der Waals surface area contributed by atoms with Crippen molar-refractivity contribution in [2.24, 2.45) is 0 Å². The summed E-state index contributed by atoms with van der Waals surface area (Å²) in [5.74, 6) is -0.718. The molecule has 0 saturated heterocycles. The van der Waals surface area contributed by atoms with Crippen molar-refractivity contribution in [3.63, 3.8) is 0 Å². The number of carbonyl (C=O) groups excluding carboxylic acids is 1. The van der Waals surface area contributed by atoms with E-state index in [0.29, 0.717) is 21.5 Å². The number of hydrogen-bond acceptors (Lipinski definition) is 4. The molecule has 21 heavy (non-hydrogen) atoms. The Morgan fingerprint density at radius 3 is 2.90 bits per heavy atom. The minimum atomic E-state index is -0.410. The summed E-state index contributed by atoms with van der Waals surface area (Å²) in [4.78, 5) is 16.5. The molecule has 0 fully saturated rings. The third kappa shape index (κ3) is 2.57. The van der Waals surface area contributed by atoms with Gasteiger partial charge in [-0.15, -0.1) is 11.3 Å². The van der Waals surface area contributed by atoms with Gasteiger partial charge in [-0.2, -0.15) is 0 Å². The summed E-state index contributed by atoms with van der Waals surface area (Å²) in [6, 6.07) is 8.34. The third-order valence-electron chi connectivity index (χ3n) is 3.08. The van der Waals surface area contributed by atoms with E-state index in [-0.39, 0.29) is 11.6 Å². The van der Waals surface area contributed by atoms with Crippen LogP contribution in [0.3, 0.4) is 0 Å². The molecule has 3 rings (SSSR count). The van der Waals surface area contributed by atoms with E-state index < -0.39 is 5.82 Å². The fourth-order valence-electron chi connectivity index (χ4n) is 2.06. The van der Waals surface area contributed by atoms with Gasteiger partial charge in [-0.05, 0) is 23.8 Å². The van der Waals surface area contributed by atoms with Crippen LogP contribution in [0.5, 0.6) is 0 Å². The first-order valence-electron chi connectivity index (χ1n) is 6.30. The number of anilines is 1. The van der Waals surface area contributed by atoms with Crippen LogP contribution in [0.2, 0.25) is 0 Å². The molecule has 3 N–H and O–H groups in total. The Labute approximate surface area is 124 Å². The summed E-state index contributed by atoms with van der Waals surface area (Å²) >= 11 is 1.19. The lowest BCUT2D eigenvalue weighted by atomic mass is 10.2. The molecule has 1 aromatic carbocycles. The van der Waals surface area contributed by atoms with Gasteiger partial charge < -0.3 is 11.1 Å². The zero-order chi connectivity index (χ0) is 14.8. The number of nitrogens with two attached hydrogens (primary N) is 1. The first-order valence-corrected chi connectivity index (χ1v) is 7.12. The number of aromatic nitrogens is 1. The van der Waals surface area contributed by atoms with E-state index in [1.165, 1.54) is 17.4 Å². The maximum absolute atomic E-state index is 13.8. The van der Waals surface area contributed by atoms with E-state index in [9.17, 15) is 9.18 Å². The summed E-state index contributed by atoms with van der Waals surface area (Å²) in [5, 5.41) is 3.08. The van der Waals surface area contributed by atoms with Crippen molar-refractivity contribution >= 4 is 33.0 Å². The fourth-order valence-corrected chi connectivity index (χ4v) is 3.12. The highest BCUT2D eigenvalue weighted by Gasteiger charge is 2.18. The maximum Gasteiger partial charge on any atom is 0.263 e. The van der Waals surface area contributed by atoms with Gasteiger partial charge in [-0.3, -0.25) is 9.78 Å². The predicted molar refractivity (Wildman–Crippen MR) is 81.6 cm³/mol. The van der Waals surface area contributed by atoms with Crippen LogP contribution in [0.1, 0.15) is 15.2 Å². The number of carbonyl (C=O) groups is 1. The molecule has 6 heteroatoms. The van der Waals surface area contributed by atoms with Crippen molar-refractivity contribution in [3.8, 4) is 0 Å². The minimum Gasteiger partial charge on any atom is -0.397 e. The number of amides is 1. The van der Waals surface area contributed by atoms with Crippen molar-refractivity contribution < 1.29 is 9.18 Å². The van der Waals surface area contributed by atoms with Crippen molar-refractivity contribution in [2.45, 2.75) is 6.54 Å². The van der Waals surface area contributed by atoms with Crippen LogP contribution in [-0.4, -0.2) is 10.9 Å². The number of rotatable bonds is 3. The van der Waals surface area contributed by atoms with Gasteiger partial charge in [0.2, 0.25) is 0 Å². The highest BCUT2D eigenvalue weighted by atomic mass is 32.1. The number of nitrogens with zero attached hydrogens (tertiary/aromatic N) is 1. The standard InChI is InChI=1S/C15H12FN3OS/c16-10-4-1-5-11-12(10)13(17)14(21-11)15(20)19-8-9-3-2-6-18-7-9/h1-7H,8,17H2,(H,19,20). The molecule has 0 aliphatic rings. The zero-order valence-corrected chi connectivity index (χ0v) is 11.8. The Morgan fingerprint density at radius 2 is 2.19 bits per heavy atom. The van der Waals surface area contributed by atoms with Crippen LogP contribution < -0.4 is 11.1 Å². The lowest BCUT2D eigenvalue weighted by Crippen LogP contribution is -2.22. The SMILES string of the molecule is Nc1c(C(=O)NCc2cccnc2)sc2cccc(F)c12. The molecule has 0 aliphatic carbocycles. The molecule has 0 unspecified atom stereocenters. The average Bonchev–Trinajstić information content (AvgIpc) is 2.84. The first kappa shape index (κ1) is 13.5. The Bertz CT molecular complexity index is 801. The second-order valence-corrected chi connectivity index (χ2v) is 5.55. The van der Waals surface area contributed by atoms with E-state index in [1.807, 2.05) is 6.07 Å². The summed E-state index contributed by atoms with van der Waals surface area (Å²) in [7, 11) is 0. The van der Waals surface area contributed by atoms with Crippen LogP contribution >= 0.6 is 11.3 Å². The molecule has 3 aromatic rings. The van der Waals surface area contributed by atoms with E-state index in [0.717, 1.165) is 5.56 Å². The molecular formula is C15H12FN3OS. The second kappa shape index (κ2) is 5.49. The molecule has 0 atom stereocenters. The zero-order valence-electron chi connectivity index (χ0n) is 11.0. The van der Waals surface area contributed by atoms with E-state index in [1.54, 1.807) is 30.6 Å². The Balaban J connectivity index is 1.85. The van der Waals surface area contributed by atoms with Gasteiger partial charge in [0, 0.05) is 23.6 Å². The predicted octanol–water partition coefficient (Wildman–Crippen LogP) is 2.95. The highest BCUT2D eigenvalue weighted by molar-refractivity contribution is 7.21. The fraction of sp³-hybridized carbons (Fsp3) is 0.0667. The summed E-state index contributed by atoms with van der Waals surface area (Å²) in [5.41, 5.74) is 6.98. The number of nitrogens with one attached hydrogen (secondary N) is 1. The van der Waals surface area contributed by atoms with E-state index in [4.69, 9.17) is 5.73 Å². The largest absolute Gasteiger partial charge is 0.397 e. The molecule has 2 heterocycles. The van der Waals surface area contributed by atoms with Gasteiger partial charge >= 0.3 is 0 Å². The Morgan fingerprint density at radius 1 is 1.33 bits per heavy atom. The lowest BCUT2D eigenvalue weighted by molar-refractivity contribution is 0.0956. The Kier molecular flexibility index (Phi) is 3.53. The second-order valence-electron chi connectivity index (χ2n) is 4.50. The minimum absolute atomic E-state index is 0.191. The van der Waals surface area contributed by atoms with Crippen molar-refractivity contribution in [1.29, 1.82) is 0 Å².